The molecule has 0 saturated carbocycles. The lowest BCUT2D eigenvalue weighted by atomic mass is 10.1. The van der Waals surface area contributed by atoms with Crippen LogP contribution >= 0.6 is 11.3 Å². The smallest absolute Gasteiger partial charge is 0.393 e. The van der Waals surface area contributed by atoms with Crippen LogP contribution in [-0.4, -0.2) is 54.2 Å². The molecule has 11 heteroatoms. The predicted octanol–water partition coefficient (Wildman–Crippen LogP) is 3.72. The number of nitrogens with one attached hydrogen (secondary N) is 3. The molecule has 2 aromatic heterocycles. The third kappa shape index (κ3) is 7.82. The van der Waals surface area contributed by atoms with Crippen LogP contribution in [0.1, 0.15) is 34.9 Å². The van der Waals surface area contributed by atoms with Gasteiger partial charge < -0.3 is 19.2 Å². The Morgan fingerprint density at radius 2 is 1.76 bits per heavy atom. The molecule has 3 aromatic rings. The highest BCUT2D eigenvalue weighted by atomic mass is 32.1. The number of thiazole rings is 1. The Morgan fingerprint density at radius 1 is 1.12 bits per heavy atom. The van der Waals surface area contributed by atoms with Crippen molar-refractivity contribution >= 4 is 52.3 Å². The van der Waals surface area contributed by atoms with E-state index in [9.17, 15) is 9.59 Å². The molecule has 0 atom stereocenters. The van der Waals surface area contributed by atoms with Gasteiger partial charge in [0.2, 0.25) is 11.7 Å². The minimum absolute atomic E-state index is 0.0573. The molecule has 0 bridgehead atoms. The Hall–Kier alpha value is -4.12. The molecule has 3 N–H and O–H groups in total. The van der Waals surface area contributed by atoms with Crippen LogP contribution in [-0.2, 0) is 23.8 Å². The van der Waals surface area contributed by atoms with Gasteiger partial charge in [-0.05, 0) is 19.9 Å². The predicted molar refractivity (Wildman–Crippen MR) is 125 cm³/mol. The van der Waals surface area contributed by atoms with Gasteiger partial charge in [0.1, 0.15) is 5.69 Å². The Kier molecular flexibility index (Phi) is 11.5. The van der Waals surface area contributed by atoms with Gasteiger partial charge in [-0.25, -0.2) is 9.78 Å². The van der Waals surface area contributed by atoms with E-state index in [2.05, 4.69) is 19.4 Å². The molecule has 2 heterocycles. The molecule has 0 amide bonds. The van der Waals surface area contributed by atoms with Crippen molar-refractivity contribution < 1.29 is 28.6 Å². The van der Waals surface area contributed by atoms with E-state index in [4.69, 9.17) is 20.3 Å². The van der Waals surface area contributed by atoms with E-state index in [1.54, 1.807) is 6.20 Å². The van der Waals surface area contributed by atoms with Crippen LogP contribution in [0.5, 0.6) is 0 Å². The third-order valence-corrected chi connectivity index (χ3v) is 4.61. The molecular formula is C22H24N4O6S. The third-order valence-electron chi connectivity index (χ3n) is 3.77. The first-order chi connectivity index (χ1) is 15.8. The van der Waals surface area contributed by atoms with Gasteiger partial charge in [-0.2, -0.15) is 0 Å². The Balaban J connectivity index is 0.000000591. The van der Waals surface area contributed by atoms with Crippen molar-refractivity contribution in [1.29, 1.82) is 10.8 Å². The van der Waals surface area contributed by atoms with E-state index in [-0.39, 0.29) is 16.5 Å². The fourth-order valence-corrected chi connectivity index (χ4v) is 2.90. The first-order valence-electron chi connectivity index (χ1n) is 9.38. The summed E-state index contributed by atoms with van der Waals surface area (Å²) in [5.74, 6) is -2.63. The molecule has 0 spiro atoms. The number of carbonyl (C=O) groups is 3. The number of aromatic nitrogens is 2. The van der Waals surface area contributed by atoms with Crippen molar-refractivity contribution in [2.24, 2.45) is 0 Å². The summed E-state index contributed by atoms with van der Waals surface area (Å²) in [6.07, 6.45) is 5.61. The van der Waals surface area contributed by atoms with Crippen molar-refractivity contribution in [3.05, 3.63) is 64.3 Å². The van der Waals surface area contributed by atoms with Crippen LogP contribution in [0.2, 0.25) is 0 Å². The second-order valence-electron chi connectivity index (χ2n) is 5.87. The van der Waals surface area contributed by atoms with Crippen LogP contribution in [0.15, 0.2) is 48.0 Å². The molecule has 10 nitrogen and oxygen atoms in total. The molecule has 0 aliphatic carbocycles. The molecule has 0 unspecified atom stereocenters. The lowest BCUT2D eigenvalue weighted by Crippen LogP contribution is -2.22. The number of para-hydroxylation sites is 1. The molecule has 1 aromatic carbocycles. The number of carbonyl (C=O) groups excluding carboxylic acids is 3. The topological polar surface area (TPSA) is 155 Å². The Labute approximate surface area is 194 Å². The van der Waals surface area contributed by atoms with Crippen molar-refractivity contribution in [3.63, 3.8) is 0 Å². The number of methoxy groups -OCH3 is 2. The highest BCUT2D eigenvalue weighted by Crippen LogP contribution is 2.22. The van der Waals surface area contributed by atoms with Gasteiger partial charge in [0.15, 0.2) is 5.01 Å². The summed E-state index contributed by atoms with van der Waals surface area (Å²) in [6, 6.07) is 7.39. The quantitative estimate of drug-likeness (QED) is 0.130. The van der Waals surface area contributed by atoms with Crippen LogP contribution in [0.4, 0.5) is 0 Å². The first-order valence-corrected chi connectivity index (χ1v) is 10.3. The van der Waals surface area contributed by atoms with Gasteiger partial charge >= 0.3 is 11.9 Å². The highest BCUT2D eigenvalue weighted by molar-refractivity contribution is 7.12. The summed E-state index contributed by atoms with van der Waals surface area (Å²) in [6.45, 7) is 4.38. The Morgan fingerprint density at radius 3 is 2.33 bits per heavy atom. The monoisotopic (exact) mass is 472 g/mol. The summed E-state index contributed by atoms with van der Waals surface area (Å²) < 4.78 is 12.9. The molecule has 33 heavy (non-hydrogen) atoms. The van der Waals surface area contributed by atoms with E-state index >= 15 is 0 Å². The maximum absolute atomic E-state index is 12.6. The van der Waals surface area contributed by atoms with Crippen LogP contribution in [0.3, 0.4) is 0 Å². The SMILES string of the molecule is C/C=C\C.COC(=O)C(=N)OC(=N)c1csc(C(=O)c2c[nH]c3ccccc23)n1.COC=O. The summed E-state index contributed by atoms with van der Waals surface area (Å²) >= 11 is 1.05. The number of fused-ring (bicyclic) bond motifs is 1. The van der Waals surface area contributed by atoms with Gasteiger partial charge in [-0.3, -0.25) is 20.4 Å². The average Bonchev–Trinajstić information content (AvgIpc) is 3.51. The molecule has 174 valence electrons. The van der Waals surface area contributed by atoms with Gasteiger partial charge in [-0.1, -0.05) is 30.4 Å². The number of nitrogens with zero attached hydrogens (tertiary/aromatic N) is 1. The lowest BCUT2D eigenvalue weighted by Gasteiger charge is -2.03. The summed E-state index contributed by atoms with van der Waals surface area (Å²) in [4.78, 5) is 39.8. The number of H-pyrrole nitrogens is 1. The van der Waals surface area contributed by atoms with Crippen LogP contribution < -0.4 is 0 Å². The summed E-state index contributed by atoms with van der Waals surface area (Å²) in [7, 11) is 2.41. The van der Waals surface area contributed by atoms with E-state index in [0.717, 1.165) is 29.3 Å². The summed E-state index contributed by atoms with van der Waals surface area (Å²) in [5, 5.41) is 17.5. The van der Waals surface area contributed by atoms with E-state index in [0.29, 0.717) is 12.0 Å². The summed E-state index contributed by atoms with van der Waals surface area (Å²) in [5.41, 5.74) is 1.37. The number of hydrogen-bond acceptors (Lipinski definition) is 10. The lowest BCUT2D eigenvalue weighted by molar-refractivity contribution is -0.134. The second kappa shape index (κ2) is 14.0. The normalized spacial score (nSPS) is 9.70. The molecule has 3 rings (SSSR count). The molecule has 0 aliphatic rings. The molecular weight excluding hydrogens is 448 g/mol. The first kappa shape index (κ1) is 26.9. The van der Waals surface area contributed by atoms with E-state index < -0.39 is 17.8 Å². The highest BCUT2D eigenvalue weighted by Gasteiger charge is 2.21. The van der Waals surface area contributed by atoms with Crippen molar-refractivity contribution in [2.45, 2.75) is 13.8 Å². The van der Waals surface area contributed by atoms with Gasteiger partial charge in [-0.15, -0.1) is 11.3 Å². The number of aromatic amines is 1. The zero-order chi connectivity index (χ0) is 24.8. The average molecular weight is 473 g/mol. The Bertz CT molecular complexity index is 1140. The number of ether oxygens (including phenoxy) is 3. The minimum atomic E-state index is -1.00. The number of allylic oxidation sites excluding steroid dienone is 2. The van der Waals surface area contributed by atoms with Crippen LogP contribution in [0.25, 0.3) is 10.9 Å². The fraction of sp³-hybridized carbons (Fsp3) is 0.182. The maximum Gasteiger partial charge on any atom is 0.393 e. The fourth-order valence-electron chi connectivity index (χ4n) is 2.15. The number of benzene rings is 1. The number of rotatable bonds is 4. The van der Waals surface area contributed by atoms with Gasteiger partial charge in [0, 0.05) is 22.5 Å². The van der Waals surface area contributed by atoms with Crippen LogP contribution in [0, 0.1) is 10.8 Å². The zero-order valence-electron chi connectivity index (χ0n) is 18.5. The van der Waals surface area contributed by atoms with E-state index in [1.807, 2.05) is 50.3 Å². The minimum Gasteiger partial charge on any atom is -0.471 e. The second-order valence-corrected chi connectivity index (χ2v) is 6.72. The largest absolute Gasteiger partial charge is 0.471 e. The van der Waals surface area contributed by atoms with Crippen molar-refractivity contribution in [1.82, 2.24) is 9.97 Å². The van der Waals surface area contributed by atoms with Gasteiger partial charge in [0.25, 0.3) is 6.47 Å². The number of ketones is 1. The molecule has 0 fully saturated rings. The van der Waals surface area contributed by atoms with Gasteiger partial charge in [0.05, 0.1) is 19.8 Å². The van der Waals surface area contributed by atoms with E-state index in [1.165, 1.54) is 12.5 Å². The van der Waals surface area contributed by atoms with Crippen molar-refractivity contribution in [2.75, 3.05) is 14.2 Å². The molecule has 0 aliphatic heterocycles. The van der Waals surface area contributed by atoms with Crippen molar-refractivity contribution in [3.8, 4) is 0 Å². The number of hydrogen-bond donors (Lipinski definition) is 3. The zero-order valence-corrected chi connectivity index (χ0v) is 19.3. The standard InChI is InChI=1S/C16H12N4O4S.C4H8.C2H4O2/c1-23-16(22)14(18)24-13(17)11-7-25-15(20-11)12(21)9-6-19-10-5-3-2-4-8(9)10;1-3-4-2;1-4-2-3/h2-7,17-19H,1H3;3-4H,1-2H3;2H,1H3/b;4-3-;. The molecule has 0 saturated heterocycles. The molecule has 0 radical (unpaired) electrons. The maximum atomic E-state index is 12.6. The number of esters is 1.